The third-order valence-electron chi connectivity index (χ3n) is 5.36. The number of amides is 1. The summed E-state index contributed by atoms with van der Waals surface area (Å²) in [5.41, 5.74) is 2.69. The monoisotopic (exact) mass is 442 g/mol. The van der Waals surface area contributed by atoms with E-state index in [1.165, 1.54) is 34.4 Å². The number of esters is 1. The van der Waals surface area contributed by atoms with Gasteiger partial charge in [0.2, 0.25) is 5.91 Å². The molecule has 158 valence electrons. The van der Waals surface area contributed by atoms with Gasteiger partial charge in [0.05, 0.1) is 17.4 Å². The van der Waals surface area contributed by atoms with Gasteiger partial charge < -0.3 is 15.0 Å². The van der Waals surface area contributed by atoms with Crippen LogP contribution in [0, 0.1) is 0 Å². The molecule has 7 heteroatoms. The van der Waals surface area contributed by atoms with Crippen LogP contribution in [0.4, 0.5) is 5.00 Å². The van der Waals surface area contributed by atoms with Crippen molar-refractivity contribution >= 4 is 50.9 Å². The number of hydrogen-bond acceptors (Lipinski definition) is 5. The van der Waals surface area contributed by atoms with Gasteiger partial charge in [-0.05, 0) is 51.2 Å². The van der Waals surface area contributed by atoms with Gasteiger partial charge in [-0.15, -0.1) is 23.1 Å². The maximum atomic E-state index is 13.0. The number of carbonyl (C=O) groups excluding carboxylic acids is 2. The molecule has 2 aromatic heterocycles. The van der Waals surface area contributed by atoms with Gasteiger partial charge in [0.15, 0.2) is 0 Å². The Labute approximate surface area is 184 Å². The topological polar surface area (TPSA) is 71.2 Å². The van der Waals surface area contributed by atoms with Crippen molar-refractivity contribution < 1.29 is 14.3 Å². The van der Waals surface area contributed by atoms with Crippen molar-refractivity contribution in [1.29, 1.82) is 0 Å². The molecule has 1 aromatic carbocycles. The normalized spacial score (nSPS) is 14.7. The first-order valence-electron chi connectivity index (χ1n) is 10.4. The highest BCUT2D eigenvalue weighted by Crippen LogP contribution is 2.39. The quantitative estimate of drug-likeness (QED) is 0.288. The van der Waals surface area contributed by atoms with Crippen LogP contribution in [-0.2, 0) is 22.4 Å². The van der Waals surface area contributed by atoms with Crippen LogP contribution < -0.4 is 5.32 Å². The number of aryl methyl sites for hydroxylation is 1. The fourth-order valence-electron chi connectivity index (χ4n) is 3.85. The van der Waals surface area contributed by atoms with Crippen molar-refractivity contribution in [3.8, 4) is 0 Å². The Kier molecular flexibility index (Phi) is 6.49. The smallest absolute Gasteiger partial charge is 0.341 e. The number of aromatic amines is 1. The van der Waals surface area contributed by atoms with E-state index in [-0.39, 0.29) is 17.1 Å². The molecule has 0 aliphatic heterocycles. The molecule has 0 unspecified atom stereocenters. The number of nitrogens with one attached hydrogen (secondary N) is 2. The van der Waals surface area contributed by atoms with E-state index >= 15 is 0 Å². The number of ether oxygens (including phenoxy) is 1. The molecule has 3 aromatic rings. The SMILES string of the molecule is CCOC(=O)c1c(NC(=O)[C@H](C)Sc2c[nH]c3ccccc23)sc2c1CCCCC2. The zero-order valence-corrected chi connectivity index (χ0v) is 18.9. The van der Waals surface area contributed by atoms with Crippen molar-refractivity contribution in [2.45, 2.75) is 56.1 Å². The number of fused-ring (bicyclic) bond motifs is 2. The Morgan fingerprint density at radius 2 is 2.03 bits per heavy atom. The van der Waals surface area contributed by atoms with Gasteiger partial charge >= 0.3 is 5.97 Å². The first kappa shape index (κ1) is 21.0. The van der Waals surface area contributed by atoms with Crippen LogP contribution in [-0.4, -0.2) is 28.7 Å². The third-order valence-corrected chi connectivity index (χ3v) is 7.73. The van der Waals surface area contributed by atoms with E-state index < -0.39 is 0 Å². The van der Waals surface area contributed by atoms with E-state index in [0.29, 0.717) is 17.2 Å². The summed E-state index contributed by atoms with van der Waals surface area (Å²) >= 11 is 3.05. The number of anilines is 1. The van der Waals surface area contributed by atoms with Crippen molar-refractivity contribution in [1.82, 2.24) is 4.98 Å². The Morgan fingerprint density at radius 1 is 1.23 bits per heavy atom. The molecule has 1 atom stereocenters. The molecule has 2 heterocycles. The molecule has 1 aliphatic rings. The van der Waals surface area contributed by atoms with Crippen LogP contribution in [0.3, 0.4) is 0 Å². The van der Waals surface area contributed by atoms with E-state index in [1.807, 2.05) is 37.4 Å². The number of benzene rings is 1. The zero-order valence-electron chi connectivity index (χ0n) is 17.2. The summed E-state index contributed by atoms with van der Waals surface area (Å²) in [6, 6.07) is 8.05. The molecule has 0 saturated carbocycles. The number of carbonyl (C=O) groups is 2. The number of aromatic nitrogens is 1. The van der Waals surface area contributed by atoms with Crippen LogP contribution in [0.15, 0.2) is 35.4 Å². The standard InChI is InChI=1S/C23H26N2O3S2/c1-3-28-23(27)20-16-10-5-4-6-12-18(16)30-22(20)25-21(26)14(2)29-19-13-24-17-11-8-7-9-15(17)19/h7-9,11,13-14,24H,3-6,10,12H2,1-2H3,(H,25,26)/t14-/m0/s1. The molecule has 30 heavy (non-hydrogen) atoms. The summed E-state index contributed by atoms with van der Waals surface area (Å²) in [7, 11) is 0. The molecule has 0 radical (unpaired) electrons. The Hall–Kier alpha value is -2.25. The largest absolute Gasteiger partial charge is 0.462 e. The second-order valence-electron chi connectivity index (χ2n) is 7.44. The van der Waals surface area contributed by atoms with E-state index in [9.17, 15) is 9.59 Å². The maximum absolute atomic E-state index is 13.0. The lowest BCUT2D eigenvalue weighted by Crippen LogP contribution is -2.23. The summed E-state index contributed by atoms with van der Waals surface area (Å²) in [6.07, 6.45) is 7.13. The Bertz CT molecular complexity index is 1070. The van der Waals surface area contributed by atoms with Crippen molar-refractivity contribution in [2.75, 3.05) is 11.9 Å². The molecule has 0 spiro atoms. The van der Waals surface area contributed by atoms with Crippen LogP contribution in [0.1, 0.15) is 53.9 Å². The average molecular weight is 443 g/mol. The highest BCUT2D eigenvalue weighted by Gasteiger charge is 2.28. The van der Waals surface area contributed by atoms with Crippen molar-refractivity contribution in [3.63, 3.8) is 0 Å². The summed E-state index contributed by atoms with van der Waals surface area (Å²) in [6.45, 7) is 4.02. The average Bonchev–Trinajstić information content (AvgIpc) is 3.21. The van der Waals surface area contributed by atoms with E-state index in [2.05, 4.69) is 10.3 Å². The first-order chi connectivity index (χ1) is 14.6. The molecular formula is C23H26N2O3S2. The van der Waals surface area contributed by atoms with Gasteiger partial charge in [-0.25, -0.2) is 4.79 Å². The lowest BCUT2D eigenvalue weighted by molar-refractivity contribution is -0.115. The molecule has 0 saturated heterocycles. The predicted molar refractivity (Wildman–Crippen MR) is 124 cm³/mol. The lowest BCUT2D eigenvalue weighted by Gasteiger charge is -2.12. The fraction of sp³-hybridized carbons (Fsp3) is 0.391. The van der Waals surface area contributed by atoms with Crippen molar-refractivity contribution in [2.24, 2.45) is 0 Å². The number of hydrogen-bond donors (Lipinski definition) is 2. The third kappa shape index (κ3) is 4.27. The number of H-pyrrole nitrogens is 1. The predicted octanol–water partition coefficient (Wildman–Crippen LogP) is 5.79. The van der Waals surface area contributed by atoms with E-state index in [0.717, 1.165) is 47.0 Å². The first-order valence-corrected chi connectivity index (χ1v) is 12.1. The summed E-state index contributed by atoms with van der Waals surface area (Å²) in [5.74, 6) is -0.434. The molecule has 0 fully saturated rings. The number of thioether (sulfide) groups is 1. The molecule has 0 bridgehead atoms. The lowest BCUT2D eigenvalue weighted by atomic mass is 10.1. The fourth-order valence-corrected chi connectivity index (χ4v) is 6.11. The van der Waals surface area contributed by atoms with Crippen LogP contribution in [0.25, 0.3) is 10.9 Å². The van der Waals surface area contributed by atoms with Gasteiger partial charge in [-0.1, -0.05) is 24.6 Å². The molecule has 1 amide bonds. The molecule has 5 nitrogen and oxygen atoms in total. The van der Waals surface area contributed by atoms with Gasteiger partial charge in [-0.2, -0.15) is 0 Å². The number of rotatable bonds is 6. The highest BCUT2D eigenvalue weighted by atomic mass is 32.2. The van der Waals surface area contributed by atoms with Gasteiger partial charge in [-0.3, -0.25) is 4.79 Å². The van der Waals surface area contributed by atoms with Crippen LogP contribution in [0.5, 0.6) is 0 Å². The second kappa shape index (κ2) is 9.27. The number of para-hydroxylation sites is 1. The summed E-state index contributed by atoms with van der Waals surface area (Å²) < 4.78 is 5.32. The summed E-state index contributed by atoms with van der Waals surface area (Å²) in [5, 5.41) is 4.48. The second-order valence-corrected chi connectivity index (χ2v) is 9.92. The number of thiophene rings is 1. The van der Waals surface area contributed by atoms with Gasteiger partial charge in [0.25, 0.3) is 0 Å². The molecule has 2 N–H and O–H groups in total. The van der Waals surface area contributed by atoms with Gasteiger partial charge in [0, 0.05) is 26.9 Å². The minimum absolute atomic E-state index is 0.104. The van der Waals surface area contributed by atoms with E-state index in [1.54, 1.807) is 6.92 Å². The van der Waals surface area contributed by atoms with Crippen LogP contribution in [0.2, 0.25) is 0 Å². The van der Waals surface area contributed by atoms with E-state index in [4.69, 9.17) is 4.74 Å². The minimum atomic E-state index is -0.330. The highest BCUT2D eigenvalue weighted by molar-refractivity contribution is 8.00. The molecule has 1 aliphatic carbocycles. The maximum Gasteiger partial charge on any atom is 0.341 e. The summed E-state index contributed by atoms with van der Waals surface area (Å²) in [4.78, 5) is 31.2. The molecular weight excluding hydrogens is 416 g/mol. The van der Waals surface area contributed by atoms with Crippen LogP contribution >= 0.6 is 23.1 Å². The van der Waals surface area contributed by atoms with Gasteiger partial charge in [0.1, 0.15) is 5.00 Å². The minimum Gasteiger partial charge on any atom is -0.462 e. The van der Waals surface area contributed by atoms with Crippen molar-refractivity contribution in [3.05, 3.63) is 46.5 Å². The Morgan fingerprint density at radius 3 is 2.87 bits per heavy atom. The molecule has 4 rings (SSSR count). The Balaban J connectivity index is 1.55. The zero-order chi connectivity index (χ0) is 21.1.